The first-order valence-electron chi connectivity index (χ1n) is 4.99. The highest BCUT2D eigenvalue weighted by Gasteiger charge is 2.17. The summed E-state index contributed by atoms with van der Waals surface area (Å²) in [6.45, 7) is 2.15. The third kappa shape index (κ3) is 1.59. The van der Waals surface area contributed by atoms with Gasteiger partial charge in [0.15, 0.2) is 0 Å². The number of nitrogens with two attached hydrogens (primary N) is 1. The Hall–Kier alpha value is -0.890. The Morgan fingerprint density at radius 3 is 3.15 bits per heavy atom. The molecule has 0 amide bonds. The summed E-state index contributed by atoms with van der Waals surface area (Å²) in [7, 11) is 0. The molecule has 2 nitrogen and oxygen atoms in total. The van der Waals surface area contributed by atoms with E-state index in [2.05, 4.69) is 18.0 Å². The Morgan fingerprint density at radius 1 is 1.46 bits per heavy atom. The normalized spacial score (nSPS) is 22.2. The van der Waals surface area contributed by atoms with Gasteiger partial charge >= 0.3 is 0 Å². The van der Waals surface area contributed by atoms with Gasteiger partial charge in [-0.05, 0) is 43.4 Å². The molecular weight excluding hydrogens is 160 g/mol. The Morgan fingerprint density at radius 2 is 2.31 bits per heavy atom. The van der Waals surface area contributed by atoms with Crippen LogP contribution in [-0.4, -0.2) is 4.98 Å². The third-order valence-corrected chi connectivity index (χ3v) is 2.87. The standard InChI is InChI=1S/C11H16N2/c1-8-6-7-13-11-9(8)4-2-3-5-10(11)12/h6-7,10H,2-5,12H2,1H3. The van der Waals surface area contributed by atoms with Crippen molar-refractivity contribution >= 4 is 0 Å². The summed E-state index contributed by atoms with van der Waals surface area (Å²) >= 11 is 0. The van der Waals surface area contributed by atoms with Crippen molar-refractivity contribution in [2.45, 2.75) is 38.6 Å². The first-order valence-corrected chi connectivity index (χ1v) is 4.99. The van der Waals surface area contributed by atoms with E-state index in [1.54, 1.807) is 0 Å². The van der Waals surface area contributed by atoms with Crippen LogP contribution in [0.2, 0.25) is 0 Å². The molecular formula is C11H16N2. The van der Waals surface area contributed by atoms with Gasteiger partial charge in [0, 0.05) is 12.2 Å². The lowest BCUT2D eigenvalue weighted by Gasteiger charge is -2.12. The lowest BCUT2D eigenvalue weighted by atomic mass is 10.0. The monoisotopic (exact) mass is 176 g/mol. The summed E-state index contributed by atoms with van der Waals surface area (Å²) in [4.78, 5) is 4.40. The summed E-state index contributed by atoms with van der Waals surface area (Å²) < 4.78 is 0. The van der Waals surface area contributed by atoms with Crippen LogP contribution in [0.3, 0.4) is 0 Å². The zero-order valence-electron chi connectivity index (χ0n) is 8.09. The summed E-state index contributed by atoms with van der Waals surface area (Å²) in [5, 5.41) is 0. The number of nitrogens with zero attached hydrogens (tertiary/aromatic N) is 1. The van der Waals surface area contributed by atoms with E-state index in [-0.39, 0.29) is 6.04 Å². The van der Waals surface area contributed by atoms with Gasteiger partial charge in [-0.25, -0.2) is 0 Å². The van der Waals surface area contributed by atoms with Crippen LogP contribution in [0.5, 0.6) is 0 Å². The van der Waals surface area contributed by atoms with Crippen LogP contribution >= 0.6 is 0 Å². The number of rotatable bonds is 0. The highest BCUT2D eigenvalue weighted by molar-refractivity contribution is 5.31. The molecule has 70 valence electrons. The van der Waals surface area contributed by atoms with Crippen molar-refractivity contribution in [1.29, 1.82) is 0 Å². The second-order valence-electron chi connectivity index (χ2n) is 3.84. The zero-order chi connectivity index (χ0) is 9.26. The predicted molar refractivity (Wildman–Crippen MR) is 53.5 cm³/mol. The summed E-state index contributed by atoms with van der Waals surface area (Å²) in [5.41, 5.74) is 9.93. The lowest BCUT2D eigenvalue weighted by Crippen LogP contribution is -2.13. The van der Waals surface area contributed by atoms with Gasteiger partial charge in [0.2, 0.25) is 0 Å². The predicted octanol–water partition coefficient (Wildman–Crippen LogP) is 2.12. The van der Waals surface area contributed by atoms with E-state index in [0.717, 1.165) is 18.5 Å². The topological polar surface area (TPSA) is 38.9 Å². The Kier molecular flexibility index (Phi) is 2.32. The van der Waals surface area contributed by atoms with Crippen LogP contribution < -0.4 is 5.73 Å². The second-order valence-corrected chi connectivity index (χ2v) is 3.84. The van der Waals surface area contributed by atoms with Crippen LogP contribution in [0.1, 0.15) is 42.1 Å². The number of fused-ring (bicyclic) bond motifs is 1. The molecule has 1 aliphatic carbocycles. The molecule has 1 aliphatic rings. The van der Waals surface area contributed by atoms with Crippen LogP contribution in [0.15, 0.2) is 12.3 Å². The van der Waals surface area contributed by atoms with Crippen LogP contribution in [0, 0.1) is 6.92 Å². The van der Waals surface area contributed by atoms with Gasteiger partial charge in [-0.15, -0.1) is 0 Å². The highest BCUT2D eigenvalue weighted by Crippen LogP contribution is 2.26. The van der Waals surface area contributed by atoms with Crippen LogP contribution in [-0.2, 0) is 6.42 Å². The van der Waals surface area contributed by atoms with E-state index in [0.29, 0.717) is 0 Å². The first-order chi connectivity index (χ1) is 6.29. The first kappa shape index (κ1) is 8.70. The molecule has 0 aromatic carbocycles. The largest absolute Gasteiger partial charge is 0.323 e. The smallest absolute Gasteiger partial charge is 0.0605 e. The van der Waals surface area contributed by atoms with Crippen molar-refractivity contribution in [2.24, 2.45) is 5.73 Å². The zero-order valence-corrected chi connectivity index (χ0v) is 8.09. The Bertz CT molecular complexity index is 307. The van der Waals surface area contributed by atoms with Crippen molar-refractivity contribution in [1.82, 2.24) is 4.98 Å². The van der Waals surface area contributed by atoms with Crippen LogP contribution in [0.25, 0.3) is 0 Å². The van der Waals surface area contributed by atoms with Gasteiger partial charge < -0.3 is 5.73 Å². The van der Waals surface area contributed by atoms with E-state index in [4.69, 9.17) is 5.73 Å². The van der Waals surface area contributed by atoms with E-state index >= 15 is 0 Å². The minimum atomic E-state index is 0.164. The van der Waals surface area contributed by atoms with Crippen molar-refractivity contribution in [2.75, 3.05) is 0 Å². The van der Waals surface area contributed by atoms with Gasteiger partial charge in [0.1, 0.15) is 0 Å². The molecule has 1 aromatic rings. The molecule has 1 heterocycles. The quantitative estimate of drug-likeness (QED) is 0.615. The molecule has 1 atom stereocenters. The molecule has 0 aliphatic heterocycles. The van der Waals surface area contributed by atoms with Gasteiger partial charge in [0.05, 0.1) is 5.69 Å². The lowest BCUT2D eigenvalue weighted by molar-refractivity contribution is 0.605. The summed E-state index contributed by atoms with van der Waals surface area (Å²) in [6, 6.07) is 2.24. The van der Waals surface area contributed by atoms with Crippen molar-refractivity contribution < 1.29 is 0 Å². The maximum Gasteiger partial charge on any atom is 0.0605 e. The minimum Gasteiger partial charge on any atom is -0.323 e. The number of aromatic nitrogens is 1. The van der Waals surface area contributed by atoms with Gasteiger partial charge in [-0.3, -0.25) is 4.98 Å². The number of pyridine rings is 1. The molecule has 2 heteroatoms. The molecule has 0 spiro atoms. The fourth-order valence-electron chi connectivity index (χ4n) is 2.06. The Balaban J connectivity index is 2.47. The molecule has 0 bridgehead atoms. The number of aryl methyl sites for hydroxylation is 1. The minimum absolute atomic E-state index is 0.164. The van der Waals surface area contributed by atoms with E-state index in [1.807, 2.05) is 6.20 Å². The summed E-state index contributed by atoms with van der Waals surface area (Å²) in [6.07, 6.45) is 6.61. The third-order valence-electron chi connectivity index (χ3n) is 2.87. The molecule has 2 rings (SSSR count). The molecule has 1 unspecified atom stereocenters. The Labute approximate surface area is 79.2 Å². The van der Waals surface area contributed by atoms with Crippen molar-refractivity contribution in [3.05, 3.63) is 29.1 Å². The molecule has 13 heavy (non-hydrogen) atoms. The SMILES string of the molecule is Cc1ccnc2c1CCCCC2N. The average Bonchev–Trinajstić information content (AvgIpc) is 2.30. The van der Waals surface area contributed by atoms with E-state index < -0.39 is 0 Å². The van der Waals surface area contributed by atoms with Crippen molar-refractivity contribution in [3.63, 3.8) is 0 Å². The maximum atomic E-state index is 6.05. The van der Waals surface area contributed by atoms with Crippen LogP contribution in [0.4, 0.5) is 0 Å². The van der Waals surface area contributed by atoms with Crippen molar-refractivity contribution in [3.8, 4) is 0 Å². The molecule has 0 saturated heterocycles. The van der Waals surface area contributed by atoms with E-state index in [1.165, 1.54) is 24.0 Å². The molecule has 0 fully saturated rings. The fourth-order valence-corrected chi connectivity index (χ4v) is 2.06. The molecule has 1 aromatic heterocycles. The fraction of sp³-hybridized carbons (Fsp3) is 0.545. The highest BCUT2D eigenvalue weighted by atomic mass is 14.8. The van der Waals surface area contributed by atoms with E-state index in [9.17, 15) is 0 Å². The maximum absolute atomic E-state index is 6.05. The molecule has 0 radical (unpaired) electrons. The average molecular weight is 176 g/mol. The molecule has 2 N–H and O–H groups in total. The number of hydrogen-bond donors (Lipinski definition) is 1. The van der Waals surface area contributed by atoms with Gasteiger partial charge in [-0.2, -0.15) is 0 Å². The second kappa shape index (κ2) is 3.46. The van der Waals surface area contributed by atoms with Gasteiger partial charge in [-0.1, -0.05) is 6.42 Å². The number of hydrogen-bond acceptors (Lipinski definition) is 2. The summed E-state index contributed by atoms with van der Waals surface area (Å²) in [5.74, 6) is 0. The van der Waals surface area contributed by atoms with Gasteiger partial charge in [0.25, 0.3) is 0 Å². The molecule has 0 saturated carbocycles.